The molecule has 19 heavy (non-hydrogen) atoms. The molecule has 0 amide bonds. The minimum absolute atomic E-state index is 0.260. The maximum Gasteiger partial charge on any atom is 0.120 e. The van der Waals surface area contributed by atoms with E-state index in [-0.39, 0.29) is 5.75 Å². The zero-order valence-corrected chi connectivity index (χ0v) is 11.9. The van der Waals surface area contributed by atoms with Crippen LogP contribution in [-0.2, 0) is 6.54 Å². The summed E-state index contributed by atoms with van der Waals surface area (Å²) in [7, 11) is 0. The lowest BCUT2D eigenvalue weighted by Gasteiger charge is -2.10. The molecule has 2 nitrogen and oxygen atoms in total. The highest BCUT2D eigenvalue weighted by molar-refractivity contribution is 6.30. The molecule has 0 aliphatic heterocycles. The Morgan fingerprint density at radius 2 is 1.79 bits per heavy atom. The predicted molar refractivity (Wildman–Crippen MR) is 81.0 cm³/mol. The van der Waals surface area contributed by atoms with Crippen molar-refractivity contribution in [2.45, 2.75) is 26.3 Å². The van der Waals surface area contributed by atoms with Crippen molar-refractivity contribution in [2.75, 3.05) is 5.32 Å². The fraction of sp³-hybridized carbons (Fsp3) is 0.250. The molecule has 0 saturated heterocycles. The molecular weight excluding hydrogens is 258 g/mol. The number of hydrogen-bond acceptors (Lipinski definition) is 2. The fourth-order valence-corrected chi connectivity index (χ4v) is 2.07. The van der Waals surface area contributed by atoms with Crippen LogP contribution in [-0.4, -0.2) is 5.11 Å². The Labute approximate surface area is 119 Å². The van der Waals surface area contributed by atoms with Crippen molar-refractivity contribution in [1.82, 2.24) is 0 Å². The van der Waals surface area contributed by atoms with Crippen molar-refractivity contribution in [2.24, 2.45) is 0 Å². The number of rotatable bonds is 4. The molecule has 0 bridgehead atoms. The van der Waals surface area contributed by atoms with E-state index in [1.807, 2.05) is 0 Å². The van der Waals surface area contributed by atoms with Crippen molar-refractivity contribution in [3.63, 3.8) is 0 Å². The van der Waals surface area contributed by atoms with Gasteiger partial charge < -0.3 is 10.4 Å². The fourth-order valence-electron chi connectivity index (χ4n) is 1.88. The highest BCUT2D eigenvalue weighted by atomic mass is 35.5. The van der Waals surface area contributed by atoms with Crippen LogP contribution >= 0.6 is 11.6 Å². The molecule has 0 aromatic heterocycles. The van der Waals surface area contributed by atoms with E-state index in [9.17, 15) is 5.11 Å². The Bertz CT molecular complexity index is 549. The van der Waals surface area contributed by atoms with E-state index < -0.39 is 0 Å². The van der Waals surface area contributed by atoms with Gasteiger partial charge in [0.15, 0.2) is 0 Å². The smallest absolute Gasteiger partial charge is 0.120 e. The third-order valence-corrected chi connectivity index (χ3v) is 3.34. The van der Waals surface area contributed by atoms with Crippen LogP contribution < -0.4 is 5.32 Å². The van der Waals surface area contributed by atoms with Crippen molar-refractivity contribution in [3.8, 4) is 5.75 Å². The lowest BCUT2D eigenvalue weighted by atomic mass is 10.0. The molecule has 2 aromatic carbocycles. The van der Waals surface area contributed by atoms with Crippen LogP contribution in [0.15, 0.2) is 42.5 Å². The minimum atomic E-state index is 0.260. The van der Waals surface area contributed by atoms with Gasteiger partial charge in [0.1, 0.15) is 5.75 Å². The normalized spacial score (nSPS) is 10.7. The molecular formula is C16H18ClNO. The topological polar surface area (TPSA) is 32.3 Å². The predicted octanol–water partition coefficient (Wildman–Crippen LogP) is 4.78. The van der Waals surface area contributed by atoms with Crippen LogP contribution in [0.4, 0.5) is 5.69 Å². The van der Waals surface area contributed by atoms with Gasteiger partial charge in [-0.3, -0.25) is 0 Å². The van der Waals surface area contributed by atoms with Gasteiger partial charge in [0.2, 0.25) is 0 Å². The number of phenolic OH excluding ortho intramolecular Hbond substituents is 1. The number of nitrogens with one attached hydrogen (secondary N) is 1. The molecule has 0 atom stereocenters. The lowest BCUT2D eigenvalue weighted by Crippen LogP contribution is -2.00. The third-order valence-electron chi connectivity index (χ3n) is 3.10. The first-order valence-electron chi connectivity index (χ1n) is 6.37. The van der Waals surface area contributed by atoms with Gasteiger partial charge >= 0.3 is 0 Å². The van der Waals surface area contributed by atoms with Crippen LogP contribution in [0.2, 0.25) is 5.02 Å². The van der Waals surface area contributed by atoms with E-state index in [4.69, 9.17) is 11.6 Å². The van der Waals surface area contributed by atoms with E-state index in [2.05, 4.69) is 43.4 Å². The van der Waals surface area contributed by atoms with Gasteiger partial charge in [0.25, 0.3) is 0 Å². The standard InChI is InChI=1S/C16H18ClNO/c1-11(2)12-3-6-15(7-4-12)18-10-13-9-14(17)5-8-16(13)19/h3-9,11,18-19H,10H2,1-2H3. The average Bonchev–Trinajstić information content (AvgIpc) is 2.40. The second kappa shape index (κ2) is 5.98. The summed E-state index contributed by atoms with van der Waals surface area (Å²) in [5, 5.41) is 13.6. The lowest BCUT2D eigenvalue weighted by molar-refractivity contribution is 0.469. The molecule has 2 rings (SSSR count). The molecule has 2 N–H and O–H groups in total. The maximum absolute atomic E-state index is 9.73. The quantitative estimate of drug-likeness (QED) is 0.841. The third kappa shape index (κ3) is 3.65. The van der Waals surface area contributed by atoms with E-state index in [1.54, 1.807) is 18.2 Å². The van der Waals surface area contributed by atoms with E-state index in [1.165, 1.54) is 5.56 Å². The van der Waals surface area contributed by atoms with Crippen molar-refractivity contribution in [1.29, 1.82) is 0 Å². The highest BCUT2D eigenvalue weighted by Gasteiger charge is 2.03. The SMILES string of the molecule is CC(C)c1ccc(NCc2cc(Cl)ccc2O)cc1. The minimum Gasteiger partial charge on any atom is -0.508 e. The number of halogens is 1. The zero-order chi connectivity index (χ0) is 13.8. The molecule has 100 valence electrons. The summed E-state index contributed by atoms with van der Waals surface area (Å²) in [4.78, 5) is 0. The summed E-state index contributed by atoms with van der Waals surface area (Å²) in [6, 6.07) is 13.4. The van der Waals surface area contributed by atoms with Crippen LogP contribution in [0.1, 0.15) is 30.9 Å². The second-order valence-corrected chi connectivity index (χ2v) is 5.34. The number of anilines is 1. The summed E-state index contributed by atoms with van der Waals surface area (Å²) in [6.45, 7) is 4.90. The molecule has 0 aliphatic carbocycles. The summed E-state index contributed by atoms with van der Waals surface area (Å²) in [5.74, 6) is 0.793. The van der Waals surface area contributed by atoms with Gasteiger partial charge in [0, 0.05) is 22.8 Å². The van der Waals surface area contributed by atoms with Crippen LogP contribution in [0.25, 0.3) is 0 Å². The number of hydrogen-bond donors (Lipinski definition) is 2. The zero-order valence-electron chi connectivity index (χ0n) is 11.2. The van der Waals surface area contributed by atoms with Gasteiger partial charge in [-0.05, 0) is 41.8 Å². The Balaban J connectivity index is 2.04. The average molecular weight is 276 g/mol. The van der Waals surface area contributed by atoms with E-state index in [0.717, 1.165) is 11.3 Å². The van der Waals surface area contributed by atoms with Gasteiger partial charge in [-0.25, -0.2) is 0 Å². The first kappa shape index (κ1) is 13.8. The molecule has 0 saturated carbocycles. The molecule has 0 fully saturated rings. The Kier molecular flexibility index (Phi) is 4.33. The monoisotopic (exact) mass is 275 g/mol. The van der Waals surface area contributed by atoms with Crippen molar-refractivity contribution < 1.29 is 5.11 Å². The number of benzene rings is 2. The number of aromatic hydroxyl groups is 1. The molecule has 0 heterocycles. The summed E-state index contributed by atoms with van der Waals surface area (Å²) >= 11 is 5.92. The Morgan fingerprint density at radius 3 is 2.42 bits per heavy atom. The molecule has 0 radical (unpaired) electrons. The summed E-state index contributed by atoms with van der Waals surface area (Å²) < 4.78 is 0. The first-order chi connectivity index (χ1) is 9.06. The van der Waals surface area contributed by atoms with Crippen LogP contribution in [0, 0.1) is 0 Å². The largest absolute Gasteiger partial charge is 0.508 e. The van der Waals surface area contributed by atoms with Gasteiger partial charge in [-0.1, -0.05) is 37.6 Å². The van der Waals surface area contributed by atoms with Gasteiger partial charge in [0.05, 0.1) is 0 Å². The summed E-state index contributed by atoms with van der Waals surface area (Å²) in [5.41, 5.74) is 3.14. The Hall–Kier alpha value is -1.67. The maximum atomic E-state index is 9.73. The second-order valence-electron chi connectivity index (χ2n) is 4.90. The van der Waals surface area contributed by atoms with Gasteiger partial charge in [-0.15, -0.1) is 0 Å². The molecule has 0 spiro atoms. The highest BCUT2D eigenvalue weighted by Crippen LogP contribution is 2.23. The molecule has 0 aliphatic rings. The van der Waals surface area contributed by atoms with E-state index in [0.29, 0.717) is 17.5 Å². The summed E-state index contributed by atoms with van der Waals surface area (Å²) in [6.07, 6.45) is 0. The van der Waals surface area contributed by atoms with Crippen molar-refractivity contribution in [3.05, 3.63) is 58.6 Å². The van der Waals surface area contributed by atoms with Crippen molar-refractivity contribution >= 4 is 17.3 Å². The first-order valence-corrected chi connectivity index (χ1v) is 6.75. The molecule has 3 heteroatoms. The van der Waals surface area contributed by atoms with Crippen LogP contribution in [0.5, 0.6) is 5.75 Å². The number of phenols is 1. The Morgan fingerprint density at radius 1 is 1.11 bits per heavy atom. The molecule has 2 aromatic rings. The van der Waals surface area contributed by atoms with Gasteiger partial charge in [-0.2, -0.15) is 0 Å². The molecule has 0 unspecified atom stereocenters. The van der Waals surface area contributed by atoms with Crippen LogP contribution in [0.3, 0.4) is 0 Å². The van der Waals surface area contributed by atoms with E-state index >= 15 is 0 Å².